The van der Waals surface area contributed by atoms with Crippen molar-refractivity contribution >= 4 is 7.32 Å². The summed E-state index contributed by atoms with van der Waals surface area (Å²) in [6, 6.07) is 0. The van der Waals surface area contributed by atoms with Crippen molar-refractivity contribution in [1.82, 2.24) is 4.90 Å². The molecule has 0 amide bonds. The van der Waals surface area contributed by atoms with E-state index >= 15 is 0 Å². The van der Waals surface area contributed by atoms with Crippen molar-refractivity contribution in [2.75, 3.05) is 53.7 Å². The summed E-state index contributed by atoms with van der Waals surface area (Å²) in [6.45, 7) is 3.73. The van der Waals surface area contributed by atoms with Crippen LogP contribution in [0.3, 0.4) is 0 Å². The van der Waals surface area contributed by atoms with Gasteiger partial charge in [0.15, 0.2) is 0 Å². The van der Waals surface area contributed by atoms with E-state index in [-0.39, 0.29) is 0 Å². The third-order valence-corrected chi connectivity index (χ3v) is 1.76. The van der Waals surface area contributed by atoms with Gasteiger partial charge in [0, 0.05) is 13.2 Å². The molecule has 0 unspecified atom stereocenters. The smallest absolute Gasteiger partial charge is 0.385 e. The third-order valence-electron chi connectivity index (χ3n) is 1.76. The minimum atomic E-state index is -0.529. The van der Waals surface area contributed by atoms with Crippen LogP contribution in [0.2, 0.25) is 0 Å². The SMILES string of the molecule is CN(C)CCOB1OCCOCCO1. The van der Waals surface area contributed by atoms with E-state index in [4.69, 9.17) is 18.7 Å². The topological polar surface area (TPSA) is 40.2 Å². The molecule has 82 valence electrons. The first-order valence-electron chi connectivity index (χ1n) is 4.86. The van der Waals surface area contributed by atoms with E-state index in [1.54, 1.807) is 0 Å². The van der Waals surface area contributed by atoms with E-state index in [9.17, 15) is 0 Å². The molecule has 0 aliphatic carbocycles. The second-order valence-corrected chi connectivity index (χ2v) is 3.32. The molecule has 0 aromatic heterocycles. The van der Waals surface area contributed by atoms with E-state index in [0.717, 1.165) is 6.54 Å². The Bertz CT molecular complexity index is 139. The highest BCUT2D eigenvalue weighted by Crippen LogP contribution is 1.96. The van der Waals surface area contributed by atoms with E-state index in [1.165, 1.54) is 0 Å². The molecule has 0 N–H and O–H groups in total. The Labute approximate surface area is 85.4 Å². The molecule has 0 bridgehead atoms. The quantitative estimate of drug-likeness (QED) is 0.582. The van der Waals surface area contributed by atoms with Crippen LogP contribution in [0.25, 0.3) is 0 Å². The fourth-order valence-electron chi connectivity index (χ4n) is 0.984. The molecule has 1 aliphatic rings. The van der Waals surface area contributed by atoms with Crippen molar-refractivity contribution < 1.29 is 18.7 Å². The first-order valence-corrected chi connectivity index (χ1v) is 4.86. The Morgan fingerprint density at radius 3 is 2.36 bits per heavy atom. The van der Waals surface area contributed by atoms with Gasteiger partial charge in [0.25, 0.3) is 0 Å². The Morgan fingerprint density at radius 1 is 1.14 bits per heavy atom. The molecule has 0 radical (unpaired) electrons. The van der Waals surface area contributed by atoms with Gasteiger partial charge in [-0.15, -0.1) is 0 Å². The van der Waals surface area contributed by atoms with Crippen molar-refractivity contribution in [2.24, 2.45) is 0 Å². The summed E-state index contributed by atoms with van der Waals surface area (Å²) in [6.07, 6.45) is 0. The predicted octanol–water partition coefficient (Wildman–Crippen LogP) is -0.387. The van der Waals surface area contributed by atoms with Crippen molar-refractivity contribution in [3.05, 3.63) is 0 Å². The molecule has 0 aromatic rings. The largest absolute Gasteiger partial charge is 0.639 e. The molecular formula is C8H18BNO4. The van der Waals surface area contributed by atoms with Gasteiger partial charge in [-0.2, -0.15) is 0 Å². The maximum atomic E-state index is 5.39. The average molecular weight is 203 g/mol. The molecule has 0 atom stereocenters. The molecule has 0 spiro atoms. The molecule has 1 aliphatic heterocycles. The van der Waals surface area contributed by atoms with Crippen LogP contribution in [0.4, 0.5) is 0 Å². The zero-order valence-electron chi connectivity index (χ0n) is 8.90. The molecule has 14 heavy (non-hydrogen) atoms. The van der Waals surface area contributed by atoms with Crippen molar-refractivity contribution in [1.29, 1.82) is 0 Å². The fraction of sp³-hybridized carbons (Fsp3) is 1.00. The summed E-state index contributed by atoms with van der Waals surface area (Å²) in [4.78, 5) is 2.05. The Hall–Kier alpha value is -0.135. The lowest BCUT2D eigenvalue weighted by molar-refractivity contribution is 0.00131. The normalized spacial score (nSPS) is 19.5. The zero-order valence-corrected chi connectivity index (χ0v) is 8.90. The number of hydrogen-bond acceptors (Lipinski definition) is 5. The number of nitrogens with zero attached hydrogens (tertiary/aromatic N) is 1. The third kappa shape index (κ3) is 5.56. The highest BCUT2D eigenvalue weighted by Gasteiger charge is 2.22. The van der Waals surface area contributed by atoms with Gasteiger partial charge in [-0.05, 0) is 14.1 Å². The summed E-state index contributed by atoms with van der Waals surface area (Å²) in [5.74, 6) is 0. The molecule has 0 aromatic carbocycles. The van der Waals surface area contributed by atoms with Crippen molar-refractivity contribution in [3.63, 3.8) is 0 Å². The van der Waals surface area contributed by atoms with E-state index in [0.29, 0.717) is 33.0 Å². The standard InChI is InChI=1S/C8H18BNO4/c1-10(2)3-4-12-9-13-7-5-11-6-8-14-9/h3-8H2,1-2H3. The van der Waals surface area contributed by atoms with Gasteiger partial charge < -0.3 is 23.6 Å². The minimum absolute atomic E-state index is 0.520. The molecule has 1 fully saturated rings. The maximum Gasteiger partial charge on any atom is 0.639 e. The van der Waals surface area contributed by atoms with Gasteiger partial charge in [-0.3, -0.25) is 0 Å². The summed E-state index contributed by atoms with van der Waals surface area (Å²) in [7, 11) is 3.47. The second kappa shape index (κ2) is 7.20. The van der Waals surface area contributed by atoms with Crippen LogP contribution in [0.5, 0.6) is 0 Å². The van der Waals surface area contributed by atoms with Gasteiger partial charge in [0.05, 0.1) is 26.4 Å². The van der Waals surface area contributed by atoms with Crippen LogP contribution in [0, 0.1) is 0 Å². The zero-order chi connectivity index (χ0) is 10.2. The monoisotopic (exact) mass is 203 g/mol. The number of hydrogen-bond donors (Lipinski definition) is 0. The van der Waals surface area contributed by atoms with Crippen LogP contribution < -0.4 is 0 Å². The lowest BCUT2D eigenvalue weighted by Crippen LogP contribution is -2.34. The van der Waals surface area contributed by atoms with E-state index < -0.39 is 7.32 Å². The average Bonchev–Trinajstić information content (AvgIpc) is 2.07. The van der Waals surface area contributed by atoms with Crippen LogP contribution in [0.1, 0.15) is 0 Å². The first-order chi connectivity index (χ1) is 6.79. The van der Waals surface area contributed by atoms with Gasteiger partial charge in [-0.25, -0.2) is 0 Å². The molecule has 1 saturated heterocycles. The molecule has 1 heterocycles. The van der Waals surface area contributed by atoms with Gasteiger partial charge in [0.2, 0.25) is 0 Å². The van der Waals surface area contributed by atoms with Crippen LogP contribution in [-0.2, 0) is 18.7 Å². The summed E-state index contributed by atoms with van der Waals surface area (Å²) >= 11 is 0. The van der Waals surface area contributed by atoms with E-state index in [1.807, 2.05) is 19.0 Å². The van der Waals surface area contributed by atoms with Gasteiger partial charge >= 0.3 is 7.32 Å². The van der Waals surface area contributed by atoms with Crippen LogP contribution in [-0.4, -0.2) is 65.9 Å². The highest BCUT2D eigenvalue weighted by molar-refractivity contribution is 6.36. The summed E-state index contributed by atoms with van der Waals surface area (Å²) in [5.41, 5.74) is 0. The van der Waals surface area contributed by atoms with Gasteiger partial charge in [0.1, 0.15) is 0 Å². The number of ether oxygens (including phenoxy) is 1. The van der Waals surface area contributed by atoms with Crippen LogP contribution >= 0.6 is 0 Å². The van der Waals surface area contributed by atoms with Crippen molar-refractivity contribution in [2.45, 2.75) is 0 Å². The summed E-state index contributed by atoms with van der Waals surface area (Å²) in [5, 5.41) is 0. The minimum Gasteiger partial charge on any atom is -0.385 e. The molecule has 6 heteroatoms. The molecular weight excluding hydrogens is 185 g/mol. The molecule has 1 rings (SSSR count). The predicted molar refractivity (Wildman–Crippen MR) is 53.0 cm³/mol. The Kier molecular flexibility index (Phi) is 6.14. The van der Waals surface area contributed by atoms with Crippen molar-refractivity contribution in [3.8, 4) is 0 Å². The first kappa shape index (κ1) is 11.9. The maximum absolute atomic E-state index is 5.39. The Balaban J connectivity index is 2.08. The molecule has 5 nitrogen and oxygen atoms in total. The number of rotatable bonds is 4. The van der Waals surface area contributed by atoms with E-state index in [2.05, 4.69) is 0 Å². The number of likely N-dealkylation sites (N-methyl/N-ethyl adjacent to an activating group) is 1. The van der Waals surface area contributed by atoms with Gasteiger partial charge in [-0.1, -0.05) is 0 Å². The Morgan fingerprint density at radius 2 is 1.79 bits per heavy atom. The fourth-order valence-corrected chi connectivity index (χ4v) is 0.984. The highest BCUT2D eigenvalue weighted by atomic mass is 16.7. The second-order valence-electron chi connectivity index (χ2n) is 3.32. The van der Waals surface area contributed by atoms with Crippen LogP contribution in [0.15, 0.2) is 0 Å². The lowest BCUT2D eigenvalue weighted by atomic mass is 10.2. The lowest BCUT2D eigenvalue weighted by Gasteiger charge is -2.18. The summed E-state index contributed by atoms with van der Waals surface area (Å²) < 4.78 is 21.1. The molecule has 0 saturated carbocycles.